The Morgan fingerprint density at radius 2 is 2.08 bits per heavy atom. The van der Waals surface area contributed by atoms with Crippen molar-refractivity contribution in [3.05, 3.63) is 59.1 Å². The van der Waals surface area contributed by atoms with E-state index in [4.69, 9.17) is 0 Å². The summed E-state index contributed by atoms with van der Waals surface area (Å²) in [4.78, 5) is 17.6. The van der Waals surface area contributed by atoms with Crippen LogP contribution < -0.4 is 5.32 Å². The molecule has 1 saturated carbocycles. The lowest BCUT2D eigenvalue weighted by Gasteiger charge is -2.01. The van der Waals surface area contributed by atoms with E-state index in [1.807, 2.05) is 6.20 Å². The standard InChI is InChI=1S/C17H15FN4OS/c18-12-3-5-14(6-4-12)22-8-7-13(21-22)9-16(23)20-17-19-10-15(24-17)11-1-2-11/h3-8,10-11H,1-2,9H2,(H,19,20,23). The number of hydrogen-bond donors (Lipinski definition) is 1. The van der Waals surface area contributed by atoms with E-state index in [9.17, 15) is 9.18 Å². The molecular weight excluding hydrogens is 327 g/mol. The number of thiazole rings is 1. The molecule has 1 aliphatic carbocycles. The molecule has 122 valence electrons. The number of nitrogens with one attached hydrogen (secondary N) is 1. The topological polar surface area (TPSA) is 59.8 Å². The number of anilines is 1. The van der Waals surface area contributed by atoms with Crippen molar-refractivity contribution in [2.45, 2.75) is 25.2 Å². The average Bonchev–Trinajstić information content (AvgIpc) is 3.14. The zero-order chi connectivity index (χ0) is 16.5. The number of aromatic nitrogens is 3. The van der Waals surface area contributed by atoms with Gasteiger partial charge in [0.1, 0.15) is 5.82 Å². The smallest absolute Gasteiger partial charge is 0.232 e. The van der Waals surface area contributed by atoms with Crippen molar-refractivity contribution >= 4 is 22.4 Å². The van der Waals surface area contributed by atoms with Crippen LogP contribution in [0.4, 0.5) is 9.52 Å². The Morgan fingerprint density at radius 3 is 2.83 bits per heavy atom. The molecular formula is C17H15FN4OS. The highest BCUT2D eigenvalue weighted by Gasteiger charge is 2.26. The molecule has 0 unspecified atom stereocenters. The number of hydrogen-bond acceptors (Lipinski definition) is 4. The van der Waals surface area contributed by atoms with Gasteiger partial charge in [-0.25, -0.2) is 14.1 Å². The van der Waals surface area contributed by atoms with Crippen LogP contribution in [-0.2, 0) is 11.2 Å². The Hall–Kier alpha value is -2.54. The second-order valence-corrected chi connectivity index (χ2v) is 6.86. The number of rotatable bonds is 5. The van der Waals surface area contributed by atoms with Crippen LogP contribution >= 0.6 is 11.3 Å². The summed E-state index contributed by atoms with van der Waals surface area (Å²) in [5.41, 5.74) is 1.40. The molecule has 2 aromatic heterocycles. The Balaban J connectivity index is 1.39. The lowest BCUT2D eigenvalue weighted by Crippen LogP contribution is -2.14. The largest absolute Gasteiger partial charge is 0.302 e. The Bertz CT molecular complexity index is 867. The van der Waals surface area contributed by atoms with E-state index in [0.29, 0.717) is 16.7 Å². The van der Waals surface area contributed by atoms with Gasteiger partial charge < -0.3 is 5.32 Å². The Labute approximate surface area is 142 Å². The summed E-state index contributed by atoms with van der Waals surface area (Å²) in [7, 11) is 0. The molecule has 0 radical (unpaired) electrons. The highest BCUT2D eigenvalue weighted by atomic mass is 32.1. The van der Waals surface area contributed by atoms with Gasteiger partial charge in [0.15, 0.2) is 5.13 Å². The molecule has 5 nitrogen and oxygen atoms in total. The van der Waals surface area contributed by atoms with Crippen LogP contribution in [0.25, 0.3) is 5.69 Å². The molecule has 2 heterocycles. The number of carbonyl (C=O) groups is 1. The van der Waals surface area contributed by atoms with Crippen LogP contribution in [0.5, 0.6) is 0 Å². The van der Waals surface area contributed by atoms with Gasteiger partial charge >= 0.3 is 0 Å². The second kappa shape index (κ2) is 6.16. The maximum absolute atomic E-state index is 13.0. The number of carbonyl (C=O) groups excluding carboxylic acids is 1. The SMILES string of the molecule is O=C(Cc1ccn(-c2ccc(F)cc2)n1)Nc1ncc(C2CC2)s1. The summed E-state index contributed by atoms with van der Waals surface area (Å²) in [5, 5.41) is 7.81. The fourth-order valence-corrected chi connectivity index (χ4v) is 3.42. The molecule has 0 bridgehead atoms. The normalized spacial score (nSPS) is 13.9. The molecule has 0 saturated heterocycles. The molecule has 24 heavy (non-hydrogen) atoms. The monoisotopic (exact) mass is 342 g/mol. The summed E-state index contributed by atoms with van der Waals surface area (Å²) in [6, 6.07) is 7.81. The first-order chi connectivity index (χ1) is 11.7. The fourth-order valence-electron chi connectivity index (χ4n) is 2.42. The van der Waals surface area contributed by atoms with Gasteiger partial charge in [0, 0.05) is 17.3 Å². The predicted octanol–water partition coefficient (Wildman–Crippen LogP) is 3.53. The molecule has 0 aliphatic heterocycles. The summed E-state index contributed by atoms with van der Waals surface area (Å²) in [5.74, 6) is 0.204. The lowest BCUT2D eigenvalue weighted by molar-refractivity contribution is -0.115. The van der Waals surface area contributed by atoms with Crippen molar-refractivity contribution < 1.29 is 9.18 Å². The fraction of sp³-hybridized carbons (Fsp3) is 0.235. The first kappa shape index (κ1) is 15.0. The quantitative estimate of drug-likeness (QED) is 0.772. The number of amides is 1. The second-order valence-electron chi connectivity index (χ2n) is 5.80. The van der Waals surface area contributed by atoms with Gasteiger partial charge in [-0.05, 0) is 49.1 Å². The maximum Gasteiger partial charge on any atom is 0.232 e. The van der Waals surface area contributed by atoms with E-state index >= 15 is 0 Å². The average molecular weight is 342 g/mol. The Morgan fingerprint density at radius 1 is 1.29 bits per heavy atom. The van der Waals surface area contributed by atoms with Crippen LogP contribution in [0.1, 0.15) is 29.3 Å². The molecule has 7 heteroatoms. The summed E-state index contributed by atoms with van der Waals surface area (Å²) in [6.45, 7) is 0. The molecule has 0 atom stereocenters. The van der Waals surface area contributed by atoms with Gasteiger partial charge in [-0.1, -0.05) is 0 Å². The summed E-state index contributed by atoms with van der Waals surface area (Å²) in [6.07, 6.45) is 6.21. The van der Waals surface area contributed by atoms with Gasteiger partial charge in [-0.15, -0.1) is 11.3 Å². The third-order valence-electron chi connectivity index (χ3n) is 3.83. The van der Waals surface area contributed by atoms with Crippen LogP contribution in [0.15, 0.2) is 42.7 Å². The van der Waals surface area contributed by atoms with E-state index in [1.54, 1.807) is 40.4 Å². The van der Waals surface area contributed by atoms with Crippen LogP contribution in [0.3, 0.4) is 0 Å². The van der Waals surface area contributed by atoms with Crippen LogP contribution in [0.2, 0.25) is 0 Å². The minimum Gasteiger partial charge on any atom is -0.302 e. The number of halogens is 1. The zero-order valence-electron chi connectivity index (χ0n) is 12.8. The predicted molar refractivity (Wildman–Crippen MR) is 89.9 cm³/mol. The van der Waals surface area contributed by atoms with Crippen molar-refractivity contribution in [3.8, 4) is 5.69 Å². The Kier molecular flexibility index (Phi) is 3.86. The van der Waals surface area contributed by atoms with Crippen molar-refractivity contribution in [1.82, 2.24) is 14.8 Å². The lowest BCUT2D eigenvalue weighted by atomic mass is 10.3. The highest BCUT2D eigenvalue weighted by molar-refractivity contribution is 7.15. The highest BCUT2D eigenvalue weighted by Crippen LogP contribution is 2.43. The molecule has 0 spiro atoms. The van der Waals surface area contributed by atoms with Crippen molar-refractivity contribution in [2.75, 3.05) is 5.32 Å². The third-order valence-corrected chi connectivity index (χ3v) is 4.90. The zero-order valence-corrected chi connectivity index (χ0v) is 13.6. The van der Waals surface area contributed by atoms with Gasteiger partial charge in [-0.2, -0.15) is 5.10 Å². The number of benzene rings is 1. The van der Waals surface area contributed by atoms with E-state index in [0.717, 1.165) is 5.69 Å². The van der Waals surface area contributed by atoms with E-state index in [1.165, 1.54) is 29.9 Å². The molecule has 1 N–H and O–H groups in total. The molecule has 1 amide bonds. The molecule has 1 fully saturated rings. The van der Waals surface area contributed by atoms with E-state index in [-0.39, 0.29) is 18.1 Å². The van der Waals surface area contributed by atoms with Crippen LogP contribution in [0, 0.1) is 5.82 Å². The van der Waals surface area contributed by atoms with E-state index in [2.05, 4.69) is 15.4 Å². The van der Waals surface area contributed by atoms with Gasteiger partial charge in [0.2, 0.25) is 5.91 Å². The van der Waals surface area contributed by atoms with Gasteiger partial charge in [-0.3, -0.25) is 4.79 Å². The molecule has 1 aromatic carbocycles. The summed E-state index contributed by atoms with van der Waals surface area (Å²) >= 11 is 1.54. The molecule has 3 aromatic rings. The number of nitrogens with zero attached hydrogens (tertiary/aromatic N) is 3. The van der Waals surface area contributed by atoms with Gasteiger partial charge in [0.25, 0.3) is 0 Å². The minimum atomic E-state index is -0.292. The van der Waals surface area contributed by atoms with Crippen molar-refractivity contribution in [3.63, 3.8) is 0 Å². The first-order valence-corrected chi connectivity index (χ1v) is 8.55. The van der Waals surface area contributed by atoms with E-state index < -0.39 is 0 Å². The maximum atomic E-state index is 13.0. The first-order valence-electron chi connectivity index (χ1n) is 7.73. The van der Waals surface area contributed by atoms with Crippen LogP contribution in [-0.4, -0.2) is 20.7 Å². The summed E-state index contributed by atoms with van der Waals surface area (Å²) < 4.78 is 14.6. The minimum absolute atomic E-state index is 0.143. The van der Waals surface area contributed by atoms with Gasteiger partial charge in [0.05, 0.1) is 17.8 Å². The molecule has 1 aliphatic rings. The molecule has 4 rings (SSSR count). The third kappa shape index (κ3) is 3.35. The van der Waals surface area contributed by atoms with Crippen molar-refractivity contribution in [2.24, 2.45) is 0 Å². The van der Waals surface area contributed by atoms with Crippen molar-refractivity contribution in [1.29, 1.82) is 0 Å².